The van der Waals surface area contributed by atoms with Gasteiger partial charge in [-0.1, -0.05) is 18.2 Å². The van der Waals surface area contributed by atoms with Crippen molar-refractivity contribution >= 4 is 39.4 Å². The van der Waals surface area contributed by atoms with Crippen LogP contribution in [0.3, 0.4) is 0 Å². The van der Waals surface area contributed by atoms with Gasteiger partial charge in [0.2, 0.25) is 0 Å². The summed E-state index contributed by atoms with van der Waals surface area (Å²) in [5.41, 5.74) is 0.788. The van der Waals surface area contributed by atoms with Crippen LogP contribution in [0.5, 0.6) is 0 Å². The SMILES string of the molecule is O=P(Cl)(Cl)n1ccc2ccccc21. The van der Waals surface area contributed by atoms with Crippen molar-refractivity contribution in [3.63, 3.8) is 0 Å². The normalized spacial score (nSPS) is 12.2. The molecule has 0 aliphatic heterocycles. The van der Waals surface area contributed by atoms with Crippen molar-refractivity contribution < 1.29 is 4.57 Å². The van der Waals surface area contributed by atoms with E-state index in [1.54, 1.807) is 6.20 Å². The van der Waals surface area contributed by atoms with E-state index >= 15 is 0 Å². The van der Waals surface area contributed by atoms with Crippen LogP contribution < -0.4 is 0 Å². The van der Waals surface area contributed by atoms with Crippen molar-refractivity contribution in [1.82, 2.24) is 4.34 Å². The monoisotopic (exact) mass is 233 g/mol. The summed E-state index contributed by atoms with van der Waals surface area (Å²) in [6.45, 7) is 0. The summed E-state index contributed by atoms with van der Waals surface area (Å²) in [5, 5.41) is 0.976. The molecule has 1 aromatic heterocycles. The molecule has 0 radical (unpaired) electrons. The molecule has 2 nitrogen and oxygen atoms in total. The topological polar surface area (TPSA) is 22.0 Å². The van der Waals surface area contributed by atoms with E-state index in [0.29, 0.717) is 0 Å². The van der Waals surface area contributed by atoms with Gasteiger partial charge in [-0.2, -0.15) is 0 Å². The summed E-state index contributed by atoms with van der Waals surface area (Å²) in [4.78, 5) is 0. The fourth-order valence-electron chi connectivity index (χ4n) is 1.27. The second-order valence-electron chi connectivity index (χ2n) is 2.65. The predicted octanol–water partition coefficient (Wildman–Crippen LogP) is 4.08. The van der Waals surface area contributed by atoms with Gasteiger partial charge < -0.3 is 0 Å². The third-order valence-electron chi connectivity index (χ3n) is 1.83. The smallest absolute Gasteiger partial charge is 0.274 e. The van der Waals surface area contributed by atoms with Crippen LogP contribution in [-0.4, -0.2) is 4.34 Å². The van der Waals surface area contributed by atoms with Crippen molar-refractivity contribution in [1.29, 1.82) is 0 Å². The van der Waals surface area contributed by atoms with Crippen molar-refractivity contribution in [3.05, 3.63) is 36.5 Å². The average Bonchev–Trinajstić information content (AvgIpc) is 2.45. The highest BCUT2D eigenvalue weighted by atomic mass is 35.9. The summed E-state index contributed by atoms with van der Waals surface area (Å²) in [7, 11) is 0. The molecule has 0 atom stereocenters. The first-order valence-electron chi connectivity index (χ1n) is 3.65. The number of nitrogens with zero attached hydrogens (tertiary/aromatic N) is 1. The molecule has 0 aliphatic rings. The van der Waals surface area contributed by atoms with E-state index in [4.69, 9.17) is 22.5 Å². The van der Waals surface area contributed by atoms with Gasteiger partial charge in [-0.15, -0.1) is 0 Å². The number of benzene rings is 1. The number of para-hydroxylation sites is 1. The van der Waals surface area contributed by atoms with Gasteiger partial charge in [-0.05, 0) is 34.6 Å². The number of rotatable bonds is 1. The van der Waals surface area contributed by atoms with E-state index in [1.807, 2.05) is 30.3 Å². The van der Waals surface area contributed by atoms with E-state index in [9.17, 15) is 4.57 Å². The van der Waals surface area contributed by atoms with Crippen LogP contribution in [0.25, 0.3) is 10.9 Å². The lowest BCUT2D eigenvalue weighted by Crippen LogP contribution is -1.82. The standard InChI is InChI=1S/C8H6Cl2NOP/c9-13(10,12)11-6-5-7-3-1-2-4-8(7)11/h1-6H. The average molecular weight is 234 g/mol. The quantitative estimate of drug-likeness (QED) is 0.681. The fraction of sp³-hybridized carbons (Fsp3) is 0. The van der Waals surface area contributed by atoms with E-state index < -0.39 is 6.00 Å². The molecule has 0 bridgehead atoms. The van der Waals surface area contributed by atoms with E-state index in [0.717, 1.165) is 10.9 Å². The van der Waals surface area contributed by atoms with Crippen LogP contribution >= 0.6 is 28.5 Å². The number of aromatic nitrogens is 1. The molecular weight excluding hydrogens is 228 g/mol. The molecule has 0 amide bonds. The second-order valence-corrected chi connectivity index (χ2v) is 7.22. The second kappa shape index (κ2) is 3.06. The number of hydrogen-bond acceptors (Lipinski definition) is 1. The Labute approximate surface area is 85.1 Å². The zero-order valence-corrected chi connectivity index (χ0v) is 8.93. The zero-order valence-electron chi connectivity index (χ0n) is 6.52. The lowest BCUT2D eigenvalue weighted by molar-refractivity contribution is 0.588. The maximum Gasteiger partial charge on any atom is 0.349 e. The lowest BCUT2D eigenvalue weighted by atomic mass is 10.3. The largest absolute Gasteiger partial charge is 0.349 e. The summed E-state index contributed by atoms with van der Waals surface area (Å²) < 4.78 is 12.8. The first-order valence-corrected chi connectivity index (χ1v) is 7.12. The summed E-state index contributed by atoms with van der Waals surface area (Å²) in [6.07, 6.45) is 1.63. The van der Waals surface area contributed by atoms with E-state index in [1.165, 1.54) is 4.34 Å². The minimum Gasteiger partial charge on any atom is -0.274 e. The highest BCUT2D eigenvalue weighted by Gasteiger charge is 2.17. The van der Waals surface area contributed by atoms with Gasteiger partial charge >= 0.3 is 6.00 Å². The van der Waals surface area contributed by atoms with Crippen molar-refractivity contribution in [2.75, 3.05) is 0 Å². The molecule has 2 rings (SSSR count). The van der Waals surface area contributed by atoms with Gasteiger partial charge in [-0.3, -0.25) is 8.90 Å². The van der Waals surface area contributed by atoms with Crippen LogP contribution in [0.15, 0.2) is 36.5 Å². The van der Waals surface area contributed by atoms with E-state index in [2.05, 4.69) is 0 Å². The third-order valence-corrected chi connectivity index (χ3v) is 3.66. The molecule has 13 heavy (non-hydrogen) atoms. The summed E-state index contributed by atoms with van der Waals surface area (Å²) >= 11 is 11.1. The molecule has 0 N–H and O–H groups in total. The molecule has 1 heterocycles. The Balaban J connectivity index is 2.79. The van der Waals surface area contributed by atoms with Gasteiger partial charge in [0.1, 0.15) is 0 Å². The first-order chi connectivity index (χ1) is 6.09. The minimum atomic E-state index is -3.25. The highest BCUT2D eigenvalue weighted by molar-refractivity contribution is 8.07. The molecule has 68 valence electrons. The fourth-order valence-corrected chi connectivity index (χ4v) is 2.72. The third kappa shape index (κ3) is 1.62. The van der Waals surface area contributed by atoms with Crippen LogP contribution in [-0.2, 0) is 4.57 Å². The van der Waals surface area contributed by atoms with Crippen LogP contribution in [0.2, 0.25) is 0 Å². The molecule has 5 heteroatoms. The van der Waals surface area contributed by atoms with Crippen molar-refractivity contribution in [3.8, 4) is 0 Å². The minimum absolute atomic E-state index is 0.788. The predicted molar refractivity (Wildman–Crippen MR) is 56.6 cm³/mol. The maximum absolute atomic E-state index is 11.4. The highest BCUT2D eigenvalue weighted by Crippen LogP contribution is 2.58. The molecule has 0 aliphatic carbocycles. The number of halogens is 2. The van der Waals surface area contributed by atoms with Gasteiger partial charge in [0.05, 0.1) is 5.52 Å². The molecule has 1 aromatic carbocycles. The van der Waals surface area contributed by atoms with E-state index in [-0.39, 0.29) is 0 Å². The van der Waals surface area contributed by atoms with Gasteiger partial charge in [-0.25, -0.2) is 0 Å². The van der Waals surface area contributed by atoms with Gasteiger partial charge in [0.25, 0.3) is 0 Å². The number of hydrogen-bond donors (Lipinski definition) is 0. The lowest BCUT2D eigenvalue weighted by Gasteiger charge is -2.04. The Hall–Kier alpha value is -0.430. The number of fused-ring (bicyclic) bond motifs is 1. The summed E-state index contributed by atoms with van der Waals surface area (Å²) in [5.74, 6) is -3.25. The molecule has 0 fully saturated rings. The molecule has 0 unspecified atom stereocenters. The Morgan fingerprint density at radius 2 is 1.85 bits per heavy atom. The van der Waals surface area contributed by atoms with Crippen molar-refractivity contribution in [2.45, 2.75) is 0 Å². The van der Waals surface area contributed by atoms with Crippen LogP contribution in [0, 0.1) is 0 Å². The molecular formula is C8H6Cl2NOP. The van der Waals surface area contributed by atoms with Crippen molar-refractivity contribution in [2.24, 2.45) is 0 Å². The molecule has 0 spiro atoms. The maximum atomic E-state index is 11.4. The van der Waals surface area contributed by atoms with Gasteiger partial charge in [0, 0.05) is 11.6 Å². The van der Waals surface area contributed by atoms with Crippen LogP contribution in [0.4, 0.5) is 0 Å². The Bertz CT molecular complexity index is 488. The zero-order chi connectivity index (χ0) is 9.47. The molecule has 0 saturated carbocycles. The molecule has 2 aromatic rings. The first kappa shape index (κ1) is 9.14. The summed E-state index contributed by atoms with van der Waals surface area (Å²) in [6, 6.07) is 9.32. The Kier molecular flexibility index (Phi) is 2.15. The Morgan fingerprint density at radius 1 is 1.15 bits per heavy atom. The van der Waals surface area contributed by atoms with Gasteiger partial charge in [0.15, 0.2) is 0 Å². The molecule has 0 saturated heterocycles. The van der Waals surface area contributed by atoms with Crippen LogP contribution in [0.1, 0.15) is 0 Å². The Morgan fingerprint density at radius 3 is 2.54 bits per heavy atom.